The van der Waals surface area contributed by atoms with Crippen LogP contribution in [0.25, 0.3) is 0 Å². The molecule has 2 aromatic carbocycles. The minimum atomic E-state index is -3.73. The maximum Gasteiger partial charge on any atom is 0.253 e. The number of amides is 1. The number of methoxy groups -OCH3 is 1. The molecule has 0 radical (unpaired) electrons. The number of halogens is 2. The number of carbonyl (C=O) groups excluding carboxylic acids is 1. The molecule has 0 aliphatic rings. The summed E-state index contributed by atoms with van der Waals surface area (Å²) >= 11 is 9.53. The van der Waals surface area contributed by atoms with Crippen molar-refractivity contribution in [3.63, 3.8) is 0 Å². The van der Waals surface area contributed by atoms with Crippen LogP contribution in [-0.2, 0) is 16.6 Å². The smallest absolute Gasteiger partial charge is 0.253 e. The number of hydrogen-bond acceptors (Lipinski definition) is 4. The first-order valence-corrected chi connectivity index (χ1v) is 11.1. The van der Waals surface area contributed by atoms with Gasteiger partial charge in [0.05, 0.1) is 22.6 Å². The summed E-state index contributed by atoms with van der Waals surface area (Å²) in [7, 11) is -0.685. The molecule has 2 rings (SSSR count). The summed E-state index contributed by atoms with van der Waals surface area (Å²) in [6.45, 7) is 3.74. The van der Waals surface area contributed by atoms with Crippen molar-refractivity contribution in [1.82, 2.24) is 9.62 Å². The lowest BCUT2D eigenvalue weighted by atomic mass is 10.1. The van der Waals surface area contributed by atoms with Gasteiger partial charge in [0.25, 0.3) is 5.91 Å². The van der Waals surface area contributed by atoms with Crippen LogP contribution in [0.4, 0.5) is 0 Å². The summed E-state index contributed by atoms with van der Waals surface area (Å²) in [6.07, 6.45) is 0. The average molecular weight is 490 g/mol. The van der Waals surface area contributed by atoms with Crippen molar-refractivity contribution in [3.8, 4) is 5.75 Å². The SMILES string of the molecule is COc1ccc(Br)cc1CNC(=O)c1cc(S(=O)(=O)N(C)C(C)C)ccc1Cl. The van der Waals surface area contributed by atoms with Crippen LogP contribution in [0.3, 0.4) is 0 Å². The van der Waals surface area contributed by atoms with Crippen molar-refractivity contribution in [2.45, 2.75) is 31.3 Å². The van der Waals surface area contributed by atoms with E-state index in [1.807, 2.05) is 12.1 Å². The van der Waals surface area contributed by atoms with Gasteiger partial charge in [-0.2, -0.15) is 4.31 Å². The second kappa shape index (κ2) is 9.26. The summed E-state index contributed by atoms with van der Waals surface area (Å²) < 4.78 is 32.8. The lowest BCUT2D eigenvalue weighted by Crippen LogP contribution is -2.33. The Morgan fingerprint density at radius 1 is 1.25 bits per heavy atom. The molecule has 0 aliphatic heterocycles. The van der Waals surface area contributed by atoms with Gasteiger partial charge in [0.15, 0.2) is 0 Å². The Balaban J connectivity index is 2.28. The van der Waals surface area contributed by atoms with Crippen LogP contribution in [-0.4, -0.2) is 38.8 Å². The zero-order valence-corrected chi connectivity index (χ0v) is 19.2. The van der Waals surface area contributed by atoms with Gasteiger partial charge < -0.3 is 10.1 Å². The Morgan fingerprint density at radius 2 is 1.93 bits per heavy atom. The molecule has 0 aliphatic carbocycles. The van der Waals surface area contributed by atoms with Crippen LogP contribution in [0.1, 0.15) is 29.8 Å². The van der Waals surface area contributed by atoms with Gasteiger partial charge in [-0.05, 0) is 50.2 Å². The number of carbonyl (C=O) groups is 1. The highest BCUT2D eigenvalue weighted by Gasteiger charge is 2.25. The van der Waals surface area contributed by atoms with Crippen LogP contribution in [0.5, 0.6) is 5.75 Å². The highest BCUT2D eigenvalue weighted by molar-refractivity contribution is 9.10. The van der Waals surface area contributed by atoms with E-state index < -0.39 is 15.9 Å². The van der Waals surface area contributed by atoms with E-state index in [0.717, 1.165) is 10.0 Å². The number of nitrogens with zero attached hydrogens (tertiary/aromatic N) is 1. The molecule has 0 unspecified atom stereocenters. The van der Waals surface area contributed by atoms with E-state index in [1.54, 1.807) is 27.0 Å². The first-order chi connectivity index (χ1) is 13.1. The van der Waals surface area contributed by atoms with Crippen LogP contribution in [0.15, 0.2) is 45.8 Å². The van der Waals surface area contributed by atoms with Crippen LogP contribution in [0, 0.1) is 0 Å². The maximum atomic E-state index is 12.7. The molecule has 0 fully saturated rings. The van der Waals surface area contributed by atoms with E-state index in [0.29, 0.717) is 5.75 Å². The molecule has 1 N–H and O–H groups in total. The number of hydrogen-bond donors (Lipinski definition) is 1. The van der Waals surface area contributed by atoms with Gasteiger partial charge in [0, 0.05) is 29.7 Å². The fourth-order valence-electron chi connectivity index (χ4n) is 2.44. The minimum absolute atomic E-state index is 0.0123. The number of rotatable bonds is 7. The Labute approximate surface area is 179 Å². The monoisotopic (exact) mass is 488 g/mol. The fourth-order valence-corrected chi connectivity index (χ4v) is 4.44. The van der Waals surface area contributed by atoms with Crippen LogP contribution >= 0.6 is 27.5 Å². The molecular formula is C19H22BrClN2O4S. The Bertz CT molecular complexity index is 980. The molecule has 1 amide bonds. The molecule has 0 saturated carbocycles. The third kappa shape index (κ3) is 5.05. The van der Waals surface area contributed by atoms with Gasteiger partial charge in [0.2, 0.25) is 10.0 Å². The third-order valence-corrected chi connectivity index (χ3v) is 7.12. The highest BCUT2D eigenvalue weighted by Crippen LogP contribution is 2.25. The quantitative estimate of drug-likeness (QED) is 0.636. The molecule has 0 spiro atoms. The molecule has 2 aromatic rings. The normalized spacial score (nSPS) is 11.7. The van der Waals surface area contributed by atoms with Crippen molar-refractivity contribution >= 4 is 43.5 Å². The molecule has 6 nitrogen and oxygen atoms in total. The minimum Gasteiger partial charge on any atom is -0.496 e. The molecular weight excluding hydrogens is 468 g/mol. The van der Waals surface area contributed by atoms with Gasteiger partial charge in [-0.15, -0.1) is 0 Å². The molecule has 152 valence electrons. The zero-order chi connectivity index (χ0) is 21.1. The predicted octanol–water partition coefficient (Wildman–Crippen LogP) is 4.07. The summed E-state index contributed by atoms with van der Waals surface area (Å²) in [5.74, 6) is 0.153. The second-order valence-corrected chi connectivity index (χ2v) is 9.72. The number of nitrogens with one attached hydrogen (secondary N) is 1. The van der Waals surface area contributed by atoms with E-state index in [-0.39, 0.29) is 28.1 Å². The third-order valence-electron chi connectivity index (χ3n) is 4.27. The first-order valence-electron chi connectivity index (χ1n) is 8.46. The zero-order valence-electron chi connectivity index (χ0n) is 16.0. The van der Waals surface area contributed by atoms with Crippen molar-refractivity contribution in [2.24, 2.45) is 0 Å². The van der Waals surface area contributed by atoms with Gasteiger partial charge in [-0.3, -0.25) is 4.79 Å². The molecule has 0 bridgehead atoms. The Morgan fingerprint density at radius 3 is 2.54 bits per heavy atom. The molecule has 28 heavy (non-hydrogen) atoms. The van der Waals surface area contributed by atoms with Gasteiger partial charge in [0.1, 0.15) is 5.75 Å². The summed E-state index contributed by atoms with van der Waals surface area (Å²) in [5, 5.41) is 2.93. The Hall–Kier alpha value is -1.61. The topological polar surface area (TPSA) is 75.7 Å². The van der Waals surface area contributed by atoms with Crippen molar-refractivity contribution in [1.29, 1.82) is 0 Å². The number of sulfonamides is 1. The standard InChI is InChI=1S/C19H22BrClN2O4S/c1-12(2)23(3)28(25,26)15-6-7-17(21)16(10-15)19(24)22-11-13-9-14(20)5-8-18(13)27-4/h5-10,12H,11H2,1-4H3,(H,22,24). The van der Waals surface area contributed by atoms with Crippen molar-refractivity contribution < 1.29 is 17.9 Å². The maximum absolute atomic E-state index is 12.7. The van der Waals surface area contributed by atoms with E-state index in [2.05, 4.69) is 21.2 Å². The van der Waals surface area contributed by atoms with Gasteiger partial charge >= 0.3 is 0 Å². The number of ether oxygens (including phenoxy) is 1. The van der Waals surface area contributed by atoms with Crippen molar-refractivity contribution in [2.75, 3.05) is 14.2 Å². The van der Waals surface area contributed by atoms with Gasteiger partial charge in [-0.1, -0.05) is 27.5 Å². The molecule has 9 heteroatoms. The molecule has 0 heterocycles. The molecule has 0 saturated heterocycles. The Kier molecular flexibility index (Phi) is 7.50. The largest absolute Gasteiger partial charge is 0.496 e. The predicted molar refractivity (Wildman–Crippen MR) is 113 cm³/mol. The highest BCUT2D eigenvalue weighted by atomic mass is 79.9. The average Bonchev–Trinajstić information content (AvgIpc) is 2.65. The summed E-state index contributed by atoms with van der Waals surface area (Å²) in [4.78, 5) is 12.7. The first kappa shape index (κ1) is 22.7. The van der Waals surface area contributed by atoms with E-state index in [4.69, 9.17) is 16.3 Å². The van der Waals surface area contributed by atoms with E-state index in [9.17, 15) is 13.2 Å². The lowest BCUT2D eigenvalue weighted by molar-refractivity contribution is 0.0950. The van der Waals surface area contributed by atoms with Crippen molar-refractivity contribution in [3.05, 3.63) is 57.0 Å². The van der Waals surface area contributed by atoms with E-state index in [1.165, 1.54) is 29.6 Å². The lowest BCUT2D eigenvalue weighted by Gasteiger charge is -2.21. The van der Waals surface area contributed by atoms with Gasteiger partial charge in [-0.25, -0.2) is 8.42 Å². The van der Waals surface area contributed by atoms with E-state index >= 15 is 0 Å². The van der Waals surface area contributed by atoms with Crippen LogP contribution < -0.4 is 10.1 Å². The number of benzene rings is 2. The molecule has 0 atom stereocenters. The van der Waals surface area contributed by atoms with Crippen LogP contribution in [0.2, 0.25) is 5.02 Å². The fraction of sp³-hybridized carbons (Fsp3) is 0.316. The second-order valence-electron chi connectivity index (χ2n) is 6.40. The summed E-state index contributed by atoms with van der Waals surface area (Å²) in [6, 6.07) is 9.33. The summed E-state index contributed by atoms with van der Waals surface area (Å²) in [5.41, 5.74) is 0.860. The molecule has 0 aromatic heterocycles.